The summed E-state index contributed by atoms with van der Waals surface area (Å²) in [6.07, 6.45) is 5.47. The summed E-state index contributed by atoms with van der Waals surface area (Å²) in [5.41, 5.74) is 0.183. The van der Waals surface area contributed by atoms with Crippen LogP contribution in [0.4, 0.5) is 10.1 Å². The van der Waals surface area contributed by atoms with Crippen LogP contribution < -0.4 is 10.0 Å². The van der Waals surface area contributed by atoms with Gasteiger partial charge in [-0.25, -0.2) is 17.5 Å². The number of carbonyl (C=O) groups is 1. The fraction of sp³-hybridized carbons (Fsp3) is 0.292. The third-order valence-corrected chi connectivity index (χ3v) is 7.34. The summed E-state index contributed by atoms with van der Waals surface area (Å²) in [7, 11) is -3.80. The van der Waals surface area contributed by atoms with Crippen LogP contribution in [0, 0.1) is 5.82 Å². The number of hydrogen-bond acceptors (Lipinski definition) is 4. The van der Waals surface area contributed by atoms with Crippen LogP contribution in [0.1, 0.15) is 43.4 Å². The van der Waals surface area contributed by atoms with Crippen molar-refractivity contribution in [3.05, 3.63) is 84.1 Å². The number of benzene rings is 2. The molecule has 168 valence electrons. The standard InChI is InChI=1S/C24H25FN2O4S/c25-19-8-4-7-18(15-19)24(12-2-1-3-13-24)23(28)27-20-9-5-11-22(16-20)32(29,30)26-17-21-10-6-14-31-21/h4-11,14-16,26H,1-3,12-13,17H2,(H,27,28). The topological polar surface area (TPSA) is 88.4 Å². The zero-order chi connectivity index (χ0) is 22.6. The number of halogens is 1. The van der Waals surface area contributed by atoms with E-state index in [1.807, 2.05) is 0 Å². The molecule has 1 aliphatic carbocycles. The minimum Gasteiger partial charge on any atom is -0.468 e. The molecule has 4 rings (SSSR count). The van der Waals surface area contributed by atoms with E-state index in [1.54, 1.807) is 36.4 Å². The molecule has 1 saturated carbocycles. The van der Waals surface area contributed by atoms with Crippen molar-refractivity contribution in [2.45, 2.75) is 49.0 Å². The van der Waals surface area contributed by atoms with E-state index in [0.717, 1.165) is 19.3 Å². The summed E-state index contributed by atoms with van der Waals surface area (Å²) in [4.78, 5) is 13.5. The van der Waals surface area contributed by atoms with Gasteiger partial charge in [-0.1, -0.05) is 37.5 Å². The molecule has 1 fully saturated rings. The molecular weight excluding hydrogens is 431 g/mol. The van der Waals surface area contributed by atoms with Gasteiger partial charge in [0.05, 0.1) is 23.1 Å². The van der Waals surface area contributed by atoms with Gasteiger partial charge in [-0.3, -0.25) is 4.79 Å². The molecule has 1 aliphatic rings. The number of anilines is 1. The van der Waals surface area contributed by atoms with Crippen LogP contribution in [0.2, 0.25) is 0 Å². The normalized spacial score (nSPS) is 15.9. The second kappa shape index (κ2) is 9.26. The lowest BCUT2D eigenvalue weighted by Crippen LogP contribution is -2.42. The molecule has 0 saturated heterocycles. The number of furan rings is 1. The van der Waals surface area contributed by atoms with E-state index in [4.69, 9.17) is 4.42 Å². The Hall–Kier alpha value is -2.97. The van der Waals surface area contributed by atoms with Gasteiger partial charge in [0.2, 0.25) is 15.9 Å². The molecule has 0 bridgehead atoms. The number of sulfonamides is 1. The van der Waals surface area contributed by atoms with Crippen molar-refractivity contribution in [3.8, 4) is 0 Å². The summed E-state index contributed by atoms with van der Waals surface area (Å²) in [5, 5.41) is 2.88. The van der Waals surface area contributed by atoms with Crippen molar-refractivity contribution < 1.29 is 22.0 Å². The van der Waals surface area contributed by atoms with E-state index >= 15 is 0 Å². The summed E-state index contributed by atoms with van der Waals surface area (Å²) in [6, 6.07) is 15.6. The number of rotatable bonds is 7. The van der Waals surface area contributed by atoms with Gasteiger partial charge in [-0.05, 0) is 60.9 Å². The smallest absolute Gasteiger partial charge is 0.241 e. The molecule has 6 nitrogen and oxygen atoms in total. The molecule has 0 atom stereocenters. The van der Waals surface area contributed by atoms with Gasteiger partial charge < -0.3 is 9.73 Å². The second-order valence-corrected chi connectivity index (χ2v) is 9.81. The first kappa shape index (κ1) is 22.2. The van der Waals surface area contributed by atoms with E-state index < -0.39 is 15.4 Å². The van der Waals surface area contributed by atoms with Crippen LogP contribution in [-0.2, 0) is 26.8 Å². The lowest BCUT2D eigenvalue weighted by Gasteiger charge is -2.36. The maximum atomic E-state index is 13.9. The molecule has 1 heterocycles. The monoisotopic (exact) mass is 456 g/mol. The first-order valence-electron chi connectivity index (χ1n) is 10.6. The Labute approximate surface area is 186 Å². The van der Waals surface area contributed by atoms with Gasteiger partial charge in [0, 0.05) is 5.69 Å². The quantitative estimate of drug-likeness (QED) is 0.538. The maximum Gasteiger partial charge on any atom is 0.241 e. The highest BCUT2D eigenvalue weighted by molar-refractivity contribution is 7.89. The zero-order valence-electron chi connectivity index (χ0n) is 17.5. The lowest BCUT2D eigenvalue weighted by molar-refractivity contribution is -0.122. The average Bonchev–Trinajstić information content (AvgIpc) is 3.32. The number of amides is 1. The van der Waals surface area contributed by atoms with Crippen LogP contribution in [-0.4, -0.2) is 14.3 Å². The van der Waals surface area contributed by atoms with E-state index in [0.29, 0.717) is 29.9 Å². The molecular formula is C24H25FN2O4S. The maximum absolute atomic E-state index is 13.9. The van der Waals surface area contributed by atoms with Crippen molar-refractivity contribution >= 4 is 21.6 Å². The van der Waals surface area contributed by atoms with Gasteiger partial charge in [0.25, 0.3) is 0 Å². The summed E-state index contributed by atoms with van der Waals surface area (Å²) in [5.74, 6) is -0.135. The Balaban J connectivity index is 1.56. The van der Waals surface area contributed by atoms with Gasteiger partial charge in [-0.2, -0.15) is 0 Å². The number of hydrogen-bond donors (Lipinski definition) is 2. The van der Waals surface area contributed by atoms with Crippen LogP contribution in [0.5, 0.6) is 0 Å². The molecule has 0 aliphatic heterocycles. The molecule has 1 aromatic heterocycles. The Morgan fingerprint density at radius 3 is 2.50 bits per heavy atom. The second-order valence-electron chi connectivity index (χ2n) is 8.04. The highest BCUT2D eigenvalue weighted by atomic mass is 32.2. The minimum atomic E-state index is -3.80. The Kier molecular flexibility index (Phi) is 6.43. The molecule has 0 unspecified atom stereocenters. The fourth-order valence-corrected chi connectivity index (χ4v) is 5.28. The van der Waals surface area contributed by atoms with Crippen molar-refractivity contribution in [1.82, 2.24) is 4.72 Å². The Morgan fingerprint density at radius 2 is 1.78 bits per heavy atom. The van der Waals surface area contributed by atoms with E-state index in [-0.39, 0.29) is 23.2 Å². The third kappa shape index (κ3) is 4.76. The van der Waals surface area contributed by atoms with Gasteiger partial charge >= 0.3 is 0 Å². The first-order valence-corrected chi connectivity index (χ1v) is 12.1. The Bertz CT molecular complexity index is 1190. The van der Waals surface area contributed by atoms with Crippen LogP contribution in [0.25, 0.3) is 0 Å². The van der Waals surface area contributed by atoms with Crippen molar-refractivity contribution in [2.75, 3.05) is 5.32 Å². The highest BCUT2D eigenvalue weighted by Crippen LogP contribution is 2.40. The average molecular weight is 457 g/mol. The van der Waals surface area contributed by atoms with Crippen molar-refractivity contribution in [1.29, 1.82) is 0 Å². The van der Waals surface area contributed by atoms with Gasteiger partial charge in [-0.15, -0.1) is 0 Å². The molecule has 2 N–H and O–H groups in total. The number of nitrogens with one attached hydrogen (secondary N) is 2. The molecule has 2 aromatic carbocycles. The number of carbonyl (C=O) groups excluding carboxylic acids is 1. The van der Waals surface area contributed by atoms with E-state index in [9.17, 15) is 17.6 Å². The predicted octanol–water partition coefficient (Wildman–Crippen LogP) is 4.74. The minimum absolute atomic E-state index is 0.0224. The van der Waals surface area contributed by atoms with Gasteiger partial charge in [0.1, 0.15) is 11.6 Å². The van der Waals surface area contributed by atoms with Gasteiger partial charge in [0.15, 0.2) is 0 Å². The van der Waals surface area contributed by atoms with Crippen molar-refractivity contribution in [2.24, 2.45) is 0 Å². The van der Waals surface area contributed by atoms with E-state index in [2.05, 4.69) is 10.0 Å². The summed E-state index contributed by atoms with van der Waals surface area (Å²) in [6.45, 7) is 0.0224. The van der Waals surface area contributed by atoms with Crippen molar-refractivity contribution in [3.63, 3.8) is 0 Å². The fourth-order valence-electron chi connectivity index (χ4n) is 4.24. The third-order valence-electron chi connectivity index (χ3n) is 5.94. The Morgan fingerprint density at radius 1 is 1.00 bits per heavy atom. The van der Waals surface area contributed by atoms with Crippen LogP contribution in [0.15, 0.2) is 76.2 Å². The SMILES string of the molecule is O=C(Nc1cccc(S(=O)(=O)NCc2ccco2)c1)C1(c2cccc(F)c2)CCCCC1. The molecule has 0 radical (unpaired) electrons. The zero-order valence-corrected chi connectivity index (χ0v) is 18.3. The molecule has 0 spiro atoms. The van der Waals surface area contributed by atoms with Crippen LogP contribution >= 0.6 is 0 Å². The summed E-state index contributed by atoms with van der Waals surface area (Å²) < 4.78 is 46.9. The lowest BCUT2D eigenvalue weighted by atomic mass is 9.68. The molecule has 3 aromatic rings. The van der Waals surface area contributed by atoms with E-state index in [1.165, 1.54) is 30.5 Å². The first-order chi connectivity index (χ1) is 15.4. The summed E-state index contributed by atoms with van der Waals surface area (Å²) >= 11 is 0. The van der Waals surface area contributed by atoms with Crippen LogP contribution in [0.3, 0.4) is 0 Å². The predicted molar refractivity (Wildman–Crippen MR) is 119 cm³/mol. The molecule has 1 amide bonds. The molecule has 32 heavy (non-hydrogen) atoms. The molecule has 8 heteroatoms. The highest BCUT2D eigenvalue weighted by Gasteiger charge is 2.41. The largest absolute Gasteiger partial charge is 0.468 e.